The zero-order valence-electron chi connectivity index (χ0n) is 20.1. The number of aliphatic carboxylic acids is 2. The van der Waals surface area contributed by atoms with Crippen LogP contribution in [0.2, 0.25) is 0 Å². The molecule has 0 saturated heterocycles. The number of hydrogen-bond donors (Lipinski definition) is 8. The van der Waals surface area contributed by atoms with Gasteiger partial charge in [-0.1, -0.05) is 20.3 Å². The number of hydrogen-bond acceptors (Lipinski definition) is 8. The zero-order chi connectivity index (χ0) is 27.1. The molecule has 0 rings (SSSR count). The first-order chi connectivity index (χ1) is 16.3. The molecular weight excluding hydrogens is 464 g/mol. The number of carbonyl (C=O) groups is 6. The lowest BCUT2D eigenvalue weighted by Crippen LogP contribution is -2.58. The molecule has 14 heteroatoms. The van der Waals surface area contributed by atoms with E-state index >= 15 is 0 Å². The maximum Gasteiger partial charge on any atom is 0.326 e. The summed E-state index contributed by atoms with van der Waals surface area (Å²) in [7, 11) is 0. The topological polar surface area (TPSA) is 257 Å². The number of primary amides is 1. The molecule has 200 valence electrons. The Bertz CT molecular complexity index is 760. The predicted octanol–water partition coefficient (Wildman–Crippen LogP) is -2.23. The minimum atomic E-state index is -1.53. The summed E-state index contributed by atoms with van der Waals surface area (Å²) in [6.45, 7) is 3.78. The van der Waals surface area contributed by atoms with E-state index in [-0.39, 0.29) is 19.3 Å². The van der Waals surface area contributed by atoms with Gasteiger partial charge < -0.3 is 43.4 Å². The van der Waals surface area contributed by atoms with Crippen molar-refractivity contribution in [3.8, 4) is 0 Å². The number of nitrogens with one attached hydrogen (secondary N) is 3. The number of carbonyl (C=O) groups excluding carboxylic acids is 4. The smallest absolute Gasteiger partial charge is 0.326 e. The molecule has 0 bridgehead atoms. The van der Waals surface area contributed by atoms with Gasteiger partial charge in [0.2, 0.25) is 23.6 Å². The molecule has 0 aliphatic rings. The molecule has 14 nitrogen and oxygen atoms in total. The summed E-state index contributed by atoms with van der Waals surface area (Å²) in [4.78, 5) is 71.5. The van der Waals surface area contributed by atoms with Crippen LogP contribution in [0.15, 0.2) is 0 Å². The largest absolute Gasteiger partial charge is 0.481 e. The molecule has 0 fully saturated rings. The summed E-state index contributed by atoms with van der Waals surface area (Å²) in [5.41, 5.74) is 16.4. The van der Waals surface area contributed by atoms with Crippen LogP contribution in [0, 0.1) is 5.92 Å². The van der Waals surface area contributed by atoms with Crippen molar-refractivity contribution in [3.05, 3.63) is 0 Å². The van der Waals surface area contributed by atoms with Gasteiger partial charge in [-0.15, -0.1) is 0 Å². The van der Waals surface area contributed by atoms with Gasteiger partial charge in [0.05, 0.1) is 6.04 Å². The second-order valence-electron chi connectivity index (χ2n) is 8.52. The molecule has 35 heavy (non-hydrogen) atoms. The molecule has 0 aliphatic carbocycles. The number of carboxylic acid groups (broad SMARTS) is 2. The molecule has 0 spiro atoms. The van der Waals surface area contributed by atoms with Crippen LogP contribution in [0.25, 0.3) is 0 Å². The molecular formula is C21H38N6O8. The maximum atomic E-state index is 12.9. The van der Waals surface area contributed by atoms with Crippen molar-refractivity contribution in [1.29, 1.82) is 0 Å². The molecule has 4 amide bonds. The fourth-order valence-electron chi connectivity index (χ4n) is 3.05. The molecule has 0 aromatic rings. The van der Waals surface area contributed by atoms with E-state index in [1.807, 2.05) is 0 Å². The lowest BCUT2D eigenvalue weighted by Gasteiger charge is -2.27. The quantitative estimate of drug-likeness (QED) is 0.0935. The van der Waals surface area contributed by atoms with Gasteiger partial charge in [0.1, 0.15) is 18.1 Å². The minimum absolute atomic E-state index is 0.241. The van der Waals surface area contributed by atoms with Crippen LogP contribution in [0.4, 0.5) is 0 Å². The van der Waals surface area contributed by atoms with Gasteiger partial charge in [-0.25, -0.2) is 4.79 Å². The Balaban J connectivity index is 5.43. The van der Waals surface area contributed by atoms with E-state index in [1.165, 1.54) is 0 Å². The Morgan fingerprint density at radius 3 is 1.83 bits per heavy atom. The molecule has 4 atom stereocenters. The van der Waals surface area contributed by atoms with Crippen molar-refractivity contribution < 1.29 is 39.0 Å². The van der Waals surface area contributed by atoms with Gasteiger partial charge in [0.25, 0.3) is 0 Å². The standard InChI is InChI=1S/C21H38N6O8/c1-11(2)17(27-18(31)12(23)5-3-4-10-22)20(33)25-13(6-8-15(24)28)19(32)26-14(21(34)35)7-9-16(29)30/h11-14,17H,3-10,22-23H2,1-2H3,(H2,24,28)(H,25,33)(H,26,32)(H,27,31)(H,29,30)(H,34,35). The van der Waals surface area contributed by atoms with Crippen molar-refractivity contribution in [2.24, 2.45) is 23.1 Å². The van der Waals surface area contributed by atoms with Crippen LogP contribution < -0.4 is 33.2 Å². The minimum Gasteiger partial charge on any atom is -0.481 e. The molecule has 0 aromatic carbocycles. The molecule has 4 unspecified atom stereocenters. The van der Waals surface area contributed by atoms with E-state index in [9.17, 15) is 33.9 Å². The van der Waals surface area contributed by atoms with Gasteiger partial charge >= 0.3 is 11.9 Å². The number of unbranched alkanes of at least 4 members (excludes halogenated alkanes) is 1. The Morgan fingerprint density at radius 1 is 0.771 bits per heavy atom. The molecule has 0 radical (unpaired) electrons. The van der Waals surface area contributed by atoms with Crippen LogP contribution in [-0.2, 0) is 28.8 Å². The van der Waals surface area contributed by atoms with E-state index < -0.39 is 72.1 Å². The number of amides is 4. The van der Waals surface area contributed by atoms with Crippen LogP contribution >= 0.6 is 0 Å². The van der Waals surface area contributed by atoms with E-state index in [0.717, 1.165) is 0 Å². The van der Waals surface area contributed by atoms with Gasteiger partial charge in [-0.05, 0) is 38.1 Å². The summed E-state index contributed by atoms with van der Waals surface area (Å²) in [5, 5.41) is 25.2. The second-order valence-corrected chi connectivity index (χ2v) is 8.52. The van der Waals surface area contributed by atoms with Crippen molar-refractivity contribution in [2.45, 2.75) is 83.0 Å². The van der Waals surface area contributed by atoms with E-state index in [2.05, 4.69) is 16.0 Å². The number of nitrogens with two attached hydrogens (primary N) is 3. The van der Waals surface area contributed by atoms with Gasteiger partial charge in [-0.3, -0.25) is 24.0 Å². The maximum absolute atomic E-state index is 12.9. The summed E-state index contributed by atoms with van der Waals surface area (Å²) in [6, 6.07) is -4.83. The van der Waals surface area contributed by atoms with Gasteiger partial charge in [-0.2, -0.15) is 0 Å². The van der Waals surface area contributed by atoms with E-state index in [1.54, 1.807) is 13.8 Å². The highest BCUT2D eigenvalue weighted by atomic mass is 16.4. The Labute approximate surface area is 203 Å². The summed E-state index contributed by atoms with van der Waals surface area (Å²) in [6.07, 6.45) is 0.251. The Hall–Kier alpha value is -3.26. The highest BCUT2D eigenvalue weighted by molar-refractivity contribution is 5.94. The highest BCUT2D eigenvalue weighted by Gasteiger charge is 2.31. The van der Waals surface area contributed by atoms with Crippen LogP contribution in [-0.4, -0.2) is 76.5 Å². The van der Waals surface area contributed by atoms with Crippen molar-refractivity contribution in [3.63, 3.8) is 0 Å². The van der Waals surface area contributed by atoms with Crippen LogP contribution in [0.3, 0.4) is 0 Å². The zero-order valence-corrected chi connectivity index (χ0v) is 20.1. The number of carboxylic acids is 2. The summed E-state index contributed by atoms with van der Waals surface area (Å²) >= 11 is 0. The average Bonchev–Trinajstić information content (AvgIpc) is 2.76. The fourth-order valence-corrected chi connectivity index (χ4v) is 3.05. The molecule has 0 aliphatic heterocycles. The lowest BCUT2D eigenvalue weighted by atomic mass is 10.0. The molecule has 0 saturated carbocycles. The summed E-state index contributed by atoms with van der Waals surface area (Å²) < 4.78 is 0. The fraction of sp³-hybridized carbons (Fsp3) is 0.714. The molecule has 11 N–H and O–H groups in total. The first kappa shape index (κ1) is 31.7. The van der Waals surface area contributed by atoms with Crippen molar-refractivity contribution >= 4 is 35.6 Å². The normalized spacial score (nSPS) is 14.3. The van der Waals surface area contributed by atoms with Crippen LogP contribution in [0.5, 0.6) is 0 Å². The Morgan fingerprint density at radius 2 is 1.34 bits per heavy atom. The van der Waals surface area contributed by atoms with Gasteiger partial charge in [0, 0.05) is 12.8 Å². The number of rotatable bonds is 18. The molecule has 0 heterocycles. The lowest BCUT2D eigenvalue weighted by molar-refractivity contribution is -0.143. The average molecular weight is 503 g/mol. The van der Waals surface area contributed by atoms with Crippen molar-refractivity contribution in [1.82, 2.24) is 16.0 Å². The monoisotopic (exact) mass is 502 g/mol. The SMILES string of the molecule is CC(C)C(NC(=O)C(N)CCCCN)C(=O)NC(CCC(N)=O)C(=O)NC(CCC(=O)O)C(=O)O. The third-order valence-corrected chi connectivity index (χ3v) is 5.13. The highest BCUT2D eigenvalue weighted by Crippen LogP contribution is 2.08. The van der Waals surface area contributed by atoms with Gasteiger partial charge in [0.15, 0.2) is 0 Å². The first-order valence-corrected chi connectivity index (χ1v) is 11.4. The van der Waals surface area contributed by atoms with E-state index in [0.29, 0.717) is 25.8 Å². The first-order valence-electron chi connectivity index (χ1n) is 11.4. The predicted molar refractivity (Wildman–Crippen MR) is 124 cm³/mol. The van der Waals surface area contributed by atoms with Crippen LogP contribution in [0.1, 0.15) is 58.8 Å². The molecule has 0 aromatic heterocycles. The van der Waals surface area contributed by atoms with E-state index in [4.69, 9.17) is 22.3 Å². The van der Waals surface area contributed by atoms with Crippen molar-refractivity contribution in [2.75, 3.05) is 6.54 Å². The summed E-state index contributed by atoms with van der Waals surface area (Å²) in [5.74, 6) is -6.12. The third kappa shape index (κ3) is 13.3. The third-order valence-electron chi connectivity index (χ3n) is 5.13. The Kier molecular flexibility index (Phi) is 14.9. The second kappa shape index (κ2) is 16.4.